The number of methoxy groups -OCH3 is 1. The molecule has 2 aromatic rings. The van der Waals surface area contributed by atoms with E-state index in [0.717, 1.165) is 0 Å². The number of aromatic nitrogens is 3. The van der Waals surface area contributed by atoms with Gasteiger partial charge in [-0.2, -0.15) is 0 Å². The van der Waals surface area contributed by atoms with E-state index in [1.54, 1.807) is 16.7 Å². The Morgan fingerprint density at radius 3 is 3.00 bits per heavy atom. The molecule has 0 amide bonds. The third-order valence-electron chi connectivity index (χ3n) is 2.29. The van der Waals surface area contributed by atoms with Crippen molar-refractivity contribution in [1.29, 1.82) is 0 Å². The van der Waals surface area contributed by atoms with Crippen molar-refractivity contribution in [2.24, 2.45) is 0 Å². The van der Waals surface area contributed by atoms with E-state index in [9.17, 15) is 4.79 Å². The summed E-state index contributed by atoms with van der Waals surface area (Å²) in [5.41, 5.74) is 5.70. The summed E-state index contributed by atoms with van der Waals surface area (Å²) in [5.74, 6) is 0.528. The average Bonchev–Trinajstić information content (AvgIpc) is 2.97. The van der Waals surface area contributed by atoms with Crippen LogP contribution in [0.4, 0.5) is 5.95 Å². The van der Waals surface area contributed by atoms with E-state index in [0.29, 0.717) is 23.4 Å². The van der Waals surface area contributed by atoms with E-state index in [-0.39, 0.29) is 5.76 Å². The van der Waals surface area contributed by atoms with Gasteiger partial charge < -0.3 is 14.9 Å². The van der Waals surface area contributed by atoms with Crippen molar-refractivity contribution in [3.05, 3.63) is 23.7 Å². The first-order valence-electron chi connectivity index (χ1n) is 5.05. The number of ether oxygens (including phenoxy) is 1. The van der Waals surface area contributed by atoms with Gasteiger partial charge in [-0.05, 0) is 18.4 Å². The molecule has 0 radical (unpaired) electrons. The van der Waals surface area contributed by atoms with Crippen LogP contribution in [0.5, 0.6) is 0 Å². The zero-order valence-electron chi connectivity index (χ0n) is 9.91. The fourth-order valence-electron chi connectivity index (χ4n) is 1.43. The second-order valence-corrected chi connectivity index (χ2v) is 4.16. The Kier molecular flexibility index (Phi) is 3.56. The Morgan fingerprint density at radius 1 is 1.56 bits per heavy atom. The summed E-state index contributed by atoms with van der Waals surface area (Å²) in [6.07, 6.45) is 1.88. The average molecular weight is 268 g/mol. The lowest BCUT2D eigenvalue weighted by Crippen LogP contribution is -2.05. The third-order valence-corrected chi connectivity index (χ3v) is 2.96. The Labute approximate surface area is 107 Å². The van der Waals surface area contributed by atoms with Crippen LogP contribution in [-0.2, 0) is 11.3 Å². The lowest BCUT2D eigenvalue weighted by molar-refractivity contribution is 0.0563. The summed E-state index contributed by atoms with van der Waals surface area (Å²) in [5, 5.41) is 8.37. The third kappa shape index (κ3) is 2.33. The van der Waals surface area contributed by atoms with Crippen molar-refractivity contribution < 1.29 is 13.9 Å². The highest BCUT2D eigenvalue weighted by Crippen LogP contribution is 2.18. The first-order valence-corrected chi connectivity index (χ1v) is 6.28. The van der Waals surface area contributed by atoms with Crippen LogP contribution in [0.3, 0.4) is 0 Å². The molecule has 0 atom stereocenters. The molecule has 0 saturated carbocycles. The number of hydrogen-bond donors (Lipinski definition) is 1. The highest BCUT2D eigenvalue weighted by Gasteiger charge is 2.14. The Hall–Kier alpha value is -1.96. The molecule has 2 N–H and O–H groups in total. The van der Waals surface area contributed by atoms with Gasteiger partial charge in [-0.3, -0.25) is 4.57 Å². The SMILES string of the molecule is COC(=O)c1ccc(Cn2c(N)nnc2SC)o1. The molecule has 0 bridgehead atoms. The van der Waals surface area contributed by atoms with Crippen molar-refractivity contribution in [2.75, 3.05) is 19.1 Å². The predicted octanol–water partition coefficient (Wildman–Crippen LogP) is 1.01. The molecule has 96 valence electrons. The number of nitrogens with zero attached hydrogens (tertiary/aromatic N) is 3. The maximum atomic E-state index is 11.2. The fraction of sp³-hybridized carbons (Fsp3) is 0.300. The van der Waals surface area contributed by atoms with Gasteiger partial charge in [-0.1, -0.05) is 11.8 Å². The molecule has 2 aromatic heterocycles. The molecule has 0 saturated heterocycles. The number of thioether (sulfide) groups is 1. The van der Waals surface area contributed by atoms with Gasteiger partial charge in [-0.15, -0.1) is 10.2 Å². The number of carbonyl (C=O) groups is 1. The molecule has 0 aliphatic rings. The lowest BCUT2D eigenvalue weighted by Gasteiger charge is -2.03. The van der Waals surface area contributed by atoms with Crippen LogP contribution >= 0.6 is 11.8 Å². The number of carbonyl (C=O) groups excluding carboxylic acids is 1. The van der Waals surface area contributed by atoms with E-state index in [2.05, 4.69) is 14.9 Å². The van der Waals surface area contributed by atoms with Crippen LogP contribution in [0.25, 0.3) is 0 Å². The van der Waals surface area contributed by atoms with Gasteiger partial charge in [0.2, 0.25) is 11.7 Å². The largest absolute Gasteiger partial charge is 0.463 e. The molecular weight excluding hydrogens is 256 g/mol. The second kappa shape index (κ2) is 5.13. The molecule has 2 rings (SSSR count). The monoisotopic (exact) mass is 268 g/mol. The van der Waals surface area contributed by atoms with Gasteiger partial charge in [0.05, 0.1) is 13.7 Å². The van der Waals surface area contributed by atoms with E-state index in [1.807, 2.05) is 6.26 Å². The van der Waals surface area contributed by atoms with Crippen molar-refractivity contribution in [3.63, 3.8) is 0 Å². The van der Waals surface area contributed by atoms with E-state index in [4.69, 9.17) is 10.2 Å². The zero-order chi connectivity index (χ0) is 13.1. The standard InChI is InChI=1S/C10H12N4O3S/c1-16-8(15)7-4-3-6(17-7)5-14-9(11)12-13-10(14)18-2/h3-4H,5H2,1-2H3,(H2,11,12). The predicted molar refractivity (Wildman–Crippen MR) is 65.4 cm³/mol. The van der Waals surface area contributed by atoms with Crippen LogP contribution < -0.4 is 5.73 Å². The Bertz CT molecular complexity index is 563. The van der Waals surface area contributed by atoms with Gasteiger partial charge in [0.1, 0.15) is 5.76 Å². The highest BCUT2D eigenvalue weighted by molar-refractivity contribution is 7.98. The van der Waals surface area contributed by atoms with Gasteiger partial charge in [-0.25, -0.2) is 4.79 Å². The number of nitrogen functional groups attached to an aromatic ring is 1. The van der Waals surface area contributed by atoms with Crippen molar-refractivity contribution in [1.82, 2.24) is 14.8 Å². The number of hydrogen-bond acceptors (Lipinski definition) is 7. The minimum Gasteiger partial charge on any atom is -0.463 e. The summed E-state index contributed by atoms with van der Waals surface area (Å²) in [4.78, 5) is 11.2. The minimum absolute atomic E-state index is 0.157. The molecule has 0 aliphatic carbocycles. The topological polar surface area (TPSA) is 96.2 Å². The molecular formula is C10H12N4O3S. The number of esters is 1. The number of nitrogens with two attached hydrogens (primary N) is 1. The first-order chi connectivity index (χ1) is 8.65. The second-order valence-electron chi connectivity index (χ2n) is 3.39. The first kappa shape index (κ1) is 12.5. The van der Waals surface area contributed by atoms with Crippen molar-refractivity contribution >= 4 is 23.7 Å². The van der Waals surface area contributed by atoms with Crippen LogP contribution in [0, 0.1) is 0 Å². The number of furan rings is 1. The van der Waals surface area contributed by atoms with Gasteiger partial charge >= 0.3 is 5.97 Å². The minimum atomic E-state index is -0.511. The molecule has 0 unspecified atom stereocenters. The van der Waals surface area contributed by atoms with Crippen LogP contribution in [0.15, 0.2) is 21.7 Å². The summed E-state index contributed by atoms with van der Waals surface area (Å²) < 4.78 is 11.6. The molecule has 0 aliphatic heterocycles. The maximum Gasteiger partial charge on any atom is 0.373 e. The number of rotatable bonds is 4. The van der Waals surface area contributed by atoms with Gasteiger partial charge in [0, 0.05) is 0 Å². The van der Waals surface area contributed by atoms with Crippen LogP contribution in [0.2, 0.25) is 0 Å². The summed E-state index contributed by atoms with van der Waals surface area (Å²) in [7, 11) is 1.30. The molecule has 0 fully saturated rings. The van der Waals surface area contributed by atoms with E-state index in [1.165, 1.54) is 18.9 Å². The quantitative estimate of drug-likeness (QED) is 0.653. The molecule has 0 spiro atoms. The lowest BCUT2D eigenvalue weighted by atomic mass is 10.4. The van der Waals surface area contributed by atoms with Crippen LogP contribution in [0.1, 0.15) is 16.3 Å². The maximum absolute atomic E-state index is 11.2. The normalized spacial score (nSPS) is 10.6. The van der Waals surface area contributed by atoms with E-state index < -0.39 is 5.97 Å². The van der Waals surface area contributed by atoms with E-state index >= 15 is 0 Å². The van der Waals surface area contributed by atoms with Gasteiger partial charge in [0.15, 0.2) is 5.16 Å². The van der Waals surface area contributed by atoms with Crippen molar-refractivity contribution in [2.45, 2.75) is 11.7 Å². The molecule has 2 heterocycles. The number of anilines is 1. The van der Waals surface area contributed by atoms with Crippen molar-refractivity contribution in [3.8, 4) is 0 Å². The highest BCUT2D eigenvalue weighted by atomic mass is 32.2. The molecule has 0 aromatic carbocycles. The summed E-state index contributed by atoms with van der Waals surface area (Å²) >= 11 is 1.43. The fourth-order valence-corrected chi connectivity index (χ4v) is 1.93. The summed E-state index contributed by atoms with van der Waals surface area (Å²) in [6.45, 7) is 0.367. The molecule has 7 nitrogen and oxygen atoms in total. The molecule has 18 heavy (non-hydrogen) atoms. The zero-order valence-corrected chi connectivity index (χ0v) is 10.7. The van der Waals surface area contributed by atoms with Crippen LogP contribution in [-0.4, -0.2) is 34.1 Å². The van der Waals surface area contributed by atoms with Gasteiger partial charge in [0.25, 0.3) is 0 Å². The Balaban J connectivity index is 2.21. The summed E-state index contributed by atoms with van der Waals surface area (Å²) in [6, 6.07) is 3.25. The Morgan fingerprint density at radius 2 is 2.33 bits per heavy atom. The smallest absolute Gasteiger partial charge is 0.373 e. The molecule has 8 heteroatoms.